The van der Waals surface area contributed by atoms with E-state index in [4.69, 9.17) is 0 Å². The van der Waals surface area contributed by atoms with Crippen molar-refractivity contribution in [3.05, 3.63) is 47.8 Å². The largest absolute Gasteiger partial charge is 0.357 e. The molecule has 7 heteroatoms. The van der Waals surface area contributed by atoms with E-state index in [0.717, 1.165) is 18.9 Å². The minimum atomic E-state index is -0.243. The van der Waals surface area contributed by atoms with E-state index >= 15 is 0 Å². The molecule has 0 amide bonds. The lowest BCUT2D eigenvalue weighted by molar-refractivity contribution is 0.610. The quantitative estimate of drug-likeness (QED) is 0.629. The summed E-state index contributed by atoms with van der Waals surface area (Å²) in [6, 6.07) is 6.65. The van der Waals surface area contributed by atoms with Crippen molar-refractivity contribution < 1.29 is 4.39 Å². The number of aromatic nitrogens is 3. The van der Waals surface area contributed by atoms with Crippen molar-refractivity contribution in [1.29, 1.82) is 0 Å². The van der Waals surface area contributed by atoms with Crippen molar-refractivity contribution in [2.75, 3.05) is 6.54 Å². The fourth-order valence-electron chi connectivity index (χ4n) is 1.98. The van der Waals surface area contributed by atoms with Gasteiger partial charge in [0.05, 0.1) is 13.1 Å². The van der Waals surface area contributed by atoms with Crippen LogP contribution in [0.15, 0.2) is 35.6 Å². The van der Waals surface area contributed by atoms with E-state index in [0.29, 0.717) is 18.1 Å². The van der Waals surface area contributed by atoms with Crippen LogP contribution < -0.4 is 10.6 Å². The van der Waals surface area contributed by atoms with Gasteiger partial charge in [-0.2, -0.15) is 0 Å². The number of rotatable bonds is 6. The molecule has 22 heavy (non-hydrogen) atoms. The van der Waals surface area contributed by atoms with Crippen molar-refractivity contribution in [2.24, 2.45) is 4.99 Å². The van der Waals surface area contributed by atoms with Gasteiger partial charge >= 0.3 is 0 Å². The molecule has 2 aromatic rings. The molecule has 0 saturated heterocycles. The zero-order chi connectivity index (χ0) is 15.8. The van der Waals surface area contributed by atoms with Gasteiger partial charge in [-0.15, -0.1) is 10.2 Å². The molecule has 6 nitrogen and oxygen atoms in total. The number of benzene rings is 1. The molecule has 2 rings (SSSR count). The lowest BCUT2D eigenvalue weighted by atomic mass is 10.2. The lowest BCUT2D eigenvalue weighted by Gasteiger charge is -2.11. The Bertz CT molecular complexity index is 622. The normalized spacial score (nSPS) is 11.5. The summed E-state index contributed by atoms with van der Waals surface area (Å²) >= 11 is 0. The minimum absolute atomic E-state index is 0.243. The molecule has 1 heterocycles. The van der Waals surface area contributed by atoms with E-state index < -0.39 is 0 Å². The van der Waals surface area contributed by atoms with E-state index in [1.807, 2.05) is 18.4 Å². The first-order chi connectivity index (χ1) is 10.7. The zero-order valence-electron chi connectivity index (χ0n) is 12.9. The number of aliphatic imine (C=N–C) groups is 1. The molecule has 0 aliphatic heterocycles. The SMILES string of the molecule is CCNC(=NCc1ccccc1F)NCc1nncn1CC. The Labute approximate surface area is 129 Å². The van der Waals surface area contributed by atoms with Gasteiger partial charge in [0.2, 0.25) is 0 Å². The molecule has 0 bridgehead atoms. The first-order valence-corrected chi connectivity index (χ1v) is 7.36. The van der Waals surface area contributed by atoms with Crippen LogP contribution in [0.4, 0.5) is 4.39 Å². The van der Waals surface area contributed by atoms with Gasteiger partial charge < -0.3 is 15.2 Å². The highest BCUT2D eigenvalue weighted by Crippen LogP contribution is 2.07. The van der Waals surface area contributed by atoms with Crippen LogP contribution in [0, 0.1) is 5.82 Å². The molecule has 0 radical (unpaired) electrons. The van der Waals surface area contributed by atoms with E-state index in [-0.39, 0.29) is 12.4 Å². The Morgan fingerprint density at radius 2 is 2.09 bits per heavy atom. The Balaban J connectivity index is 2.00. The Kier molecular flexibility index (Phi) is 5.88. The van der Waals surface area contributed by atoms with Crippen molar-refractivity contribution in [1.82, 2.24) is 25.4 Å². The smallest absolute Gasteiger partial charge is 0.191 e. The number of aryl methyl sites for hydroxylation is 1. The standard InChI is InChI=1S/C15H21FN6/c1-3-17-15(18-9-12-7-5-6-8-13(12)16)19-10-14-21-20-11-22(14)4-2/h5-8,11H,3-4,9-10H2,1-2H3,(H2,17,18,19). The number of halogens is 1. The molecule has 0 unspecified atom stereocenters. The number of nitrogens with zero attached hydrogens (tertiary/aromatic N) is 4. The van der Waals surface area contributed by atoms with Gasteiger partial charge in [-0.25, -0.2) is 9.38 Å². The second kappa shape index (κ2) is 8.11. The molecule has 1 aromatic carbocycles. The fraction of sp³-hybridized carbons (Fsp3) is 0.400. The van der Waals surface area contributed by atoms with E-state index in [2.05, 4.69) is 25.8 Å². The maximum Gasteiger partial charge on any atom is 0.191 e. The third-order valence-corrected chi connectivity index (χ3v) is 3.16. The molecule has 0 aliphatic rings. The van der Waals surface area contributed by atoms with Crippen LogP contribution in [-0.4, -0.2) is 27.3 Å². The Morgan fingerprint density at radius 1 is 1.27 bits per heavy atom. The average molecular weight is 304 g/mol. The summed E-state index contributed by atoms with van der Waals surface area (Å²) in [7, 11) is 0. The van der Waals surface area contributed by atoms with Crippen molar-refractivity contribution in [2.45, 2.75) is 33.5 Å². The number of hydrogen-bond donors (Lipinski definition) is 2. The molecule has 118 valence electrons. The van der Waals surface area contributed by atoms with E-state index in [1.165, 1.54) is 6.07 Å². The highest BCUT2D eigenvalue weighted by Gasteiger charge is 2.05. The van der Waals surface area contributed by atoms with Gasteiger partial charge in [0.15, 0.2) is 11.8 Å². The van der Waals surface area contributed by atoms with Gasteiger partial charge in [0, 0.05) is 18.7 Å². The first-order valence-electron chi connectivity index (χ1n) is 7.36. The zero-order valence-corrected chi connectivity index (χ0v) is 12.9. The maximum absolute atomic E-state index is 13.6. The minimum Gasteiger partial charge on any atom is -0.357 e. The van der Waals surface area contributed by atoms with E-state index in [1.54, 1.807) is 24.5 Å². The monoisotopic (exact) mass is 304 g/mol. The molecule has 0 atom stereocenters. The fourth-order valence-corrected chi connectivity index (χ4v) is 1.98. The molecular weight excluding hydrogens is 283 g/mol. The maximum atomic E-state index is 13.6. The van der Waals surface area contributed by atoms with Crippen molar-refractivity contribution in [3.63, 3.8) is 0 Å². The highest BCUT2D eigenvalue weighted by molar-refractivity contribution is 5.79. The van der Waals surface area contributed by atoms with Crippen LogP contribution in [0.25, 0.3) is 0 Å². The average Bonchev–Trinajstić information content (AvgIpc) is 2.99. The first kappa shape index (κ1) is 15.9. The third kappa shape index (κ3) is 4.28. The van der Waals surface area contributed by atoms with Gasteiger partial charge in [0.1, 0.15) is 12.1 Å². The predicted molar refractivity (Wildman–Crippen MR) is 83.8 cm³/mol. The van der Waals surface area contributed by atoms with Crippen LogP contribution in [0.3, 0.4) is 0 Å². The van der Waals surface area contributed by atoms with Gasteiger partial charge in [-0.3, -0.25) is 0 Å². The van der Waals surface area contributed by atoms with E-state index in [9.17, 15) is 4.39 Å². The summed E-state index contributed by atoms with van der Waals surface area (Å²) in [5, 5.41) is 14.3. The highest BCUT2D eigenvalue weighted by atomic mass is 19.1. The molecule has 0 spiro atoms. The molecule has 0 saturated carbocycles. The van der Waals surface area contributed by atoms with Gasteiger partial charge in [-0.05, 0) is 19.9 Å². The number of hydrogen-bond acceptors (Lipinski definition) is 3. The molecule has 2 N–H and O–H groups in total. The molecule has 1 aromatic heterocycles. The van der Waals surface area contributed by atoms with Crippen LogP contribution in [0.5, 0.6) is 0 Å². The topological polar surface area (TPSA) is 67.1 Å². The predicted octanol–water partition coefficient (Wildman–Crippen LogP) is 1.69. The summed E-state index contributed by atoms with van der Waals surface area (Å²) in [6.07, 6.45) is 1.69. The lowest BCUT2D eigenvalue weighted by Crippen LogP contribution is -2.37. The second-order valence-corrected chi connectivity index (χ2v) is 4.67. The summed E-state index contributed by atoms with van der Waals surface area (Å²) in [5.41, 5.74) is 0.566. The van der Waals surface area contributed by atoms with Gasteiger partial charge in [-0.1, -0.05) is 18.2 Å². The summed E-state index contributed by atoms with van der Waals surface area (Å²) in [4.78, 5) is 4.40. The van der Waals surface area contributed by atoms with Crippen LogP contribution in [-0.2, 0) is 19.6 Å². The van der Waals surface area contributed by atoms with Crippen molar-refractivity contribution in [3.8, 4) is 0 Å². The van der Waals surface area contributed by atoms with Gasteiger partial charge in [0.25, 0.3) is 0 Å². The van der Waals surface area contributed by atoms with Crippen LogP contribution in [0.2, 0.25) is 0 Å². The van der Waals surface area contributed by atoms with Crippen LogP contribution >= 0.6 is 0 Å². The Hall–Kier alpha value is -2.44. The molecule has 0 fully saturated rings. The summed E-state index contributed by atoms with van der Waals surface area (Å²) < 4.78 is 15.6. The Morgan fingerprint density at radius 3 is 2.82 bits per heavy atom. The third-order valence-electron chi connectivity index (χ3n) is 3.16. The molecule has 0 aliphatic carbocycles. The number of nitrogens with one attached hydrogen (secondary N) is 2. The number of guanidine groups is 1. The van der Waals surface area contributed by atoms with Crippen molar-refractivity contribution >= 4 is 5.96 Å². The second-order valence-electron chi connectivity index (χ2n) is 4.67. The molecular formula is C15H21FN6. The summed E-state index contributed by atoms with van der Waals surface area (Å²) in [6.45, 7) is 6.34. The van der Waals surface area contributed by atoms with Crippen LogP contribution in [0.1, 0.15) is 25.2 Å². The summed E-state index contributed by atoms with van der Waals surface area (Å²) in [5.74, 6) is 1.21.